The standard InChI is InChI=1S/C20H34N2O3/c1-13(2)8-17(12-22-19(24)25-20(5,6)7)21-11-16-9-14(3)18(23)15(4)10-16/h9-10,13,17,21,23H,8,11-12H2,1-7H3,(H,22,24). The van der Waals surface area contributed by atoms with E-state index >= 15 is 0 Å². The monoisotopic (exact) mass is 350 g/mol. The lowest BCUT2D eigenvalue weighted by Gasteiger charge is -2.24. The van der Waals surface area contributed by atoms with Crippen LogP contribution < -0.4 is 10.6 Å². The molecule has 1 aromatic rings. The normalized spacial score (nSPS) is 13.0. The number of carbonyl (C=O) groups excluding carboxylic acids is 1. The number of hydrogen-bond acceptors (Lipinski definition) is 4. The molecule has 1 atom stereocenters. The average Bonchev–Trinajstić information content (AvgIpc) is 2.45. The van der Waals surface area contributed by atoms with Gasteiger partial charge in [0.05, 0.1) is 0 Å². The first-order valence-corrected chi connectivity index (χ1v) is 8.97. The zero-order chi connectivity index (χ0) is 19.2. The molecule has 0 fully saturated rings. The van der Waals surface area contributed by atoms with Crippen LogP contribution in [-0.4, -0.2) is 29.4 Å². The zero-order valence-corrected chi connectivity index (χ0v) is 16.7. The lowest BCUT2D eigenvalue weighted by atomic mass is 10.0. The molecule has 0 aromatic heterocycles. The van der Waals surface area contributed by atoms with Crippen molar-refractivity contribution in [2.24, 2.45) is 5.92 Å². The van der Waals surface area contributed by atoms with Gasteiger partial charge in [0.25, 0.3) is 0 Å². The van der Waals surface area contributed by atoms with Gasteiger partial charge in [0.15, 0.2) is 0 Å². The van der Waals surface area contributed by atoms with Gasteiger partial charge in [0.2, 0.25) is 0 Å². The minimum Gasteiger partial charge on any atom is -0.507 e. The van der Waals surface area contributed by atoms with Crippen LogP contribution in [-0.2, 0) is 11.3 Å². The van der Waals surface area contributed by atoms with Gasteiger partial charge < -0.3 is 20.5 Å². The van der Waals surface area contributed by atoms with Crippen LogP contribution in [0.3, 0.4) is 0 Å². The van der Waals surface area contributed by atoms with E-state index in [1.54, 1.807) is 0 Å². The number of carbonyl (C=O) groups is 1. The number of ether oxygens (including phenoxy) is 1. The second-order valence-corrected chi connectivity index (χ2v) is 8.17. The van der Waals surface area contributed by atoms with Crippen molar-refractivity contribution in [1.29, 1.82) is 0 Å². The summed E-state index contributed by atoms with van der Waals surface area (Å²) in [5.74, 6) is 0.871. The lowest BCUT2D eigenvalue weighted by Crippen LogP contribution is -2.43. The summed E-state index contributed by atoms with van der Waals surface area (Å²) >= 11 is 0. The maximum Gasteiger partial charge on any atom is 0.407 e. The van der Waals surface area contributed by atoms with Gasteiger partial charge in [-0.05, 0) is 63.6 Å². The molecule has 25 heavy (non-hydrogen) atoms. The Morgan fingerprint density at radius 3 is 2.24 bits per heavy atom. The van der Waals surface area contributed by atoms with Gasteiger partial charge in [-0.2, -0.15) is 0 Å². The smallest absolute Gasteiger partial charge is 0.407 e. The predicted molar refractivity (Wildman–Crippen MR) is 102 cm³/mol. The van der Waals surface area contributed by atoms with Crippen molar-refractivity contribution in [1.82, 2.24) is 10.6 Å². The van der Waals surface area contributed by atoms with Crippen LogP contribution in [0.2, 0.25) is 0 Å². The average molecular weight is 351 g/mol. The first-order valence-electron chi connectivity index (χ1n) is 8.97. The summed E-state index contributed by atoms with van der Waals surface area (Å²) in [5.41, 5.74) is 2.39. The van der Waals surface area contributed by atoms with E-state index < -0.39 is 5.60 Å². The first-order chi connectivity index (χ1) is 11.5. The Morgan fingerprint density at radius 2 is 1.76 bits per heavy atom. The molecule has 1 rings (SSSR count). The number of phenols is 1. The van der Waals surface area contributed by atoms with Crippen molar-refractivity contribution >= 4 is 6.09 Å². The van der Waals surface area contributed by atoms with E-state index in [0.717, 1.165) is 23.1 Å². The van der Waals surface area contributed by atoms with E-state index in [4.69, 9.17) is 4.74 Å². The molecule has 0 saturated carbocycles. The molecule has 0 radical (unpaired) electrons. The van der Waals surface area contributed by atoms with Gasteiger partial charge >= 0.3 is 6.09 Å². The quantitative estimate of drug-likeness (QED) is 0.694. The highest BCUT2D eigenvalue weighted by Crippen LogP contribution is 2.23. The van der Waals surface area contributed by atoms with Crippen molar-refractivity contribution in [3.05, 3.63) is 28.8 Å². The molecule has 0 aliphatic heterocycles. The summed E-state index contributed by atoms with van der Waals surface area (Å²) in [4.78, 5) is 11.9. The highest BCUT2D eigenvalue weighted by atomic mass is 16.6. The molecule has 0 spiro atoms. The van der Waals surface area contributed by atoms with E-state index in [2.05, 4.69) is 24.5 Å². The van der Waals surface area contributed by atoms with E-state index in [-0.39, 0.29) is 12.1 Å². The van der Waals surface area contributed by atoms with Crippen molar-refractivity contribution in [3.63, 3.8) is 0 Å². The molecule has 0 aliphatic rings. The minimum absolute atomic E-state index is 0.155. The second kappa shape index (κ2) is 9.09. The number of rotatable bonds is 7. The van der Waals surface area contributed by atoms with Crippen LogP contribution in [0.25, 0.3) is 0 Å². The number of alkyl carbamates (subject to hydrolysis) is 1. The molecule has 5 nitrogen and oxygen atoms in total. The molecule has 3 N–H and O–H groups in total. The highest BCUT2D eigenvalue weighted by Gasteiger charge is 2.18. The molecular formula is C20H34N2O3. The summed E-state index contributed by atoms with van der Waals surface area (Å²) in [5, 5.41) is 16.2. The number of aryl methyl sites for hydroxylation is 2. The molecule has 1 aromatic carbocycles. The number of amides is 1. The van der Waals surface area contributed by atoms with Gasteiger partial charge in [0.1, 0.15) is 11.4 Å². The van der Waals surface area contributed by atoms with Crippen LogP contribution >= 0.6 is 0 Å². The maximum absolute atomic E-state index is 11.9. The van der Waals surface area contributed by atoms with Gasteiger partial charge in [-0.15, -0.1) is 0 Å². The largest absolute Gasteiger partial charge is 0.507 e. The molecule has 0 bridgehead atoms. The number of aromatic hydroxyl groups is 1. The zero-order valence-electron chi connectivity index (χ0n) is 16.7. The fraction of sp³-hybridized carbons (Fsp3) is 0.650. The molecular weight excluding hydrogens is 316 g/mol. The van der Waals surface area contributed by atoms with E-state index in [1.807, 2.05) is 46.8 Å². The Hall–Kier alpha value is -1.75. The van der Waals surface area contributed by atoms with Gasteiger partial charge in [-0.1, -0.05) is 26.0 Å². The van der Waals surface area contributed by atoms with Crippen LogP contribution in [0.5, 0.6) is 5.75 Å². The van der Waals surface area contributed by atoms with E-state index in [0.29, 0.717) is 24.8 Å². The fourth-order valence-electron chi connectivity index (χ4n) is 2.74. The van der Waals surface area contributed by atoms with E-state index in [1.165, 1.54) is 0 Å². The third kappa shape index (κ3) is 8.25. The number of hydrogen-bond donors (Lipinski definition) is 3. The Balaban J connectivity index is 2.63. The third-order valence-electron chi connectivity index (χ3n) is 3.79. The summed E-state index contributed by atoms with van der Waals surface area (Å²) in [6.45, 7) is 14.9. The Kier molecular flexibility index (Phi) is 7.74. The molecule has 0 aliphatic carbocycles. The van der Waals surface area contributed by atoms with Crippen molar-refractivity contribution in [3.8, 4) is 5.75 Å². The third-order valence-corrected chi connectivity index (χ3v) is 3.79. The van der Waals surface area contributed by atoms with Gasteiger partial charge in [-0.25, -0.2) is 4.79 Å². The molecule has 142 valence electrons. The lowest BCUT2D eigenvalue weighted by molar-refractivity contribution is 0.0520. The highest BCUT2D eigenvalue weighted by molar-refractivity contribution is 5.67. The Bertz CT molecular complexity index is 554. The van der Waals surface area contributed by atoms with Gasteiger partial charge in [0, 0.05) is 19.1 Å². The molecule has 0 heterocycles. The molecule has 1 amide bonds. The van der Waals surface area contributed by atoms with Gasteiger partial charge in [-0.3, -0.25) is 0 Å². The topological polar surface area (TPSA) is 70.6 Å². The van der Waals surface area contributed by atoms with Crippen molar-refractivity contribution < 1.29 is 14.6 Å². The van der Waals surface area contributed by atoms with Crippen LogP contribution in [0.15, 0.2) is 12.1 Å². The Morgan fingerprint density at radius 1 is 1.20 bits per heavy atom. The van der Waals surface area contributed by atoms with Crippen molar-refractivity contribution in [2.45, 2.75) is 73.1 Å². The molecule has 1 unspecified atom stereocenters. The molecule has 0 saturated heterocycles. The maximum atomic E-state index is 11.9. The van der Waals surface area contributed by atoms with E-state index in [9.17, 15) is 9.90 Å². The number of nitrogens with one attached hydrogen (secondary N) is 2. The number of phenolic OH excluding ortho intramolecular Hbond substituents is 1. The van der Waals surface area contributed by atoms with Crippen LogP contribution in [0.1, 0.15) is 57.7 Å². The fourth-order valence-corrected chi connectivity index (χ4v) is 2.74. The summed E-state index contributed by atoms with van der Waals surface area (Å²) in [7, 11) is 0. The SMILES string of the molecule is Cc1cc(CNC(CNC(=O)OC(C)(C)C)CC(C)C)cc(C)c1O. The number of benzene rings is 1. The molecule has 5 heteroatoms. The predicted octanol–water partition coefficient (Wildman–Crippen LogP) is 4.04. The van der Waals surface area contributed by atoms with Crippen LogP contribution in [0, 0.1) is 19.8 Å². The summed E-state index contributed by atoms with van der Waals surface area (Å²) in [6, 6.07) is 4.13. The summed E-state index contributed by atoms with van der Waals surface area (Å²) < 4.78 is 5.29. The minimum atomic E-state index is -0.494. The van der Waals surface area contributed by atoms with Crippen LogP contribution in [0.4, 0.5) is 4.79 Å². The summed E-state index contributed by atoms with van der Waals surface area (Å²) in [6.07, 6.45) is 0.561. The first kappa shape index (κ1) is 21.3. The van der Waals surface area contributed by atoms with Crippen molar-refractivity contribution in [2.75, 3.05) is 6.54 Å². The Labute approximate surface area is 152 Å². The second-order valence-electron chi connectivity index (χ2n) is 8.17.